The molecule has 13 heteroatoms. The molecule has 0 unspecified atom stereocenters. The van der Waals surface area contributed by atoms with Crippen molar-refractivity contribution < 1.29 is 23.5 Å². The minimum Gasteiger partial charge on any atom is -0.491 e. The van der Waals surface area contributed by atoms with Crippen LogP contribution in [0.5, 0.6) is 5.75 Å². The van der Waals surface area contributed by atoms with Crippen molar-refractivity contribution in [2.75, 3.05) is 26.2 Å². The van der Waals surface area contributed by atoms with E-state index < -0.39 is 11.4 Å². The third-order valence-electron chi connectivity index (χ3n) is 8.23. The van der Waals surface area contributed by atoms with Crippen molar-refractivity contribution >= 4 is 63.9 Å². The highest BCUT2D eigenvalue weighted by molar-refractivity contribution is 7.18. The summed E-state index contributed by atoms with van der Waals surface area (Å²) in [6.45, 7) is 2.90. The molecule has 2 heterocycles. The van der Waals surface area contributed by atoms with Crippen molar-refractivity contribution in [1.82, 2.24) is 15.5 Å². The van der Waals surface area contributed by atoms with Crippen LogP contribution < -0.4 is 21.1 Å². The molecule has 0 spiro atoms. The van der Waals surface area contributed by atoms with Crippen molar-refractivity contribution in [1.29, 1.82) is 0 Å². The number of piperidine rings is 1. The quantitative estimate of drug-likeness (QED) is 0.132. The lowest BCUT2D eigenvalue weighted by molar-refractivity contribution is -0.126. The summed E-state index contributed by atoms with van der Waals surface area (Å²) >= 11 is 20.4. The molecule has 1 saturated heterocycles. The van der Waals surface area contributed by atoms with Gasteiger partial charge in [-0.05, 0) is 66.8 Å². The van der Waals surface area contributed by atoms with Crippen LogP contribution >= 0.6 is 46.1 Å². The Labute approximate surface area is 297 Å². The molecule has 5 rings (SSSR count). The summed E-state index contributed by atoms with van der Waals surface area (Å²) < 4.78 is 19.8. The number of nitrogens with two attached hydrogens (primary N) is 1. The van der Waals surface area contributed by atoms with E-state index in [2.05, 4.69) is 10.6 Å². The van der Waals surface area contributed by atoms with E-state index in [1.807, 2.05) is 12.1 Å². The molecule has 4 N–H and O–H groups in total. The summed E-state index contributed by atoms with van der Waals surface area (Å²) in [5.41, 5.74) is 7.77. The summed E-state index contributed by atoms with van der Waals surface area (Å²) in [6, 6.07) is 18.4. The number of carbonyl (C=O) groups is 3. The summed E-state index contributed by atoms with van der Waals surface area (Å²) in [5.74, 6) is -0.883. The number of hydrogen-bond acceptors (Lipinski definition) is 6. The van der Waals surface area contributed by atoms with Gasteiger partial charge in [0, 0.05) is 59.2 Å². The first-order chi connectivity index (χ1) is 23.0. The van der Waals surface area contributed by atoms with Gasteiger partial charge in [0.2, 0.25) is 11.8 Å². The summed E-state index contributed by atoms with van der Waals surface area (Å²) in [5, 5.41) is 7.47. The number of hydrogen-bond donors (Lipinski definition) is 3. The van der Waals surface area contributed by atoms with Crippen molar-refractivity contribution in [3.63, 3.8) is 0 Å². The van der Waals surface area contributed by atoms with Crippen LogP contribution in [-0.2, 0) is 16.1 Å². The molecule has 3 amide bonds. The first-order valence-corrected chi connectivity index (χ1v) is 17.3. The van der Waals surface area contributed by atoms with Gasteiger partial charge in [-0.3, -0.25) is 19.7 Å². The number of primary amides is 1. The van der Waals surface area contributed by atoms with Crippen LogP contribution in [0.25, 0.3) is 21.6 Å². The maximum atomic E-state index is 14.4. The first-order valence-electron chi connectivity index (χ1n) is 15.3. The van der Waals surface area contributed by atoms with Crippen molar-refractivity contribution in [2.45, 2.75) is 38.3 Å². The zero-order valence-corrected chi connectivity index (χ0v) is 29.2. The second kappa shape index (κ2) is 15.7. The van der Waals surface area contributed by atoms with Gasteiger partial charge in [-0.1, -0.05) is 65.1 Å². The first kappa shape index (κ1) is 35.6. The third-order valence-corrected chi connectivity index (χ3v) is 10.2. The fourth-order valence-corrected chi connectivity index (χ4v) is 7.53. The summed E-state index contributed by atoms with van der Waals surface area (Å²) in [6.07, 6.45) is 1.08. The lowest BCUT2D eigenvalue weighted by atomic mass is 9.86. The molecule has 252 valence electrons. The zero-order chi connectivity index (χ0) is 34.4. The minimum absolute atomic E-state index is 0.146. The number of halogens is 4. The van der Waals surface area contributed by atoms with Crippen LogP contribution in [0.3, 0.4) is 0 Å². The van der Waals surface area contributed by atoms with E-state index >= 15 is 0 Å². The molecule has 1 aromatic heterocycles. The fraction of sp³-hybridized carbons (Fsp3) is 0.286. The predicted molar refractivity (Wildman–Crippen MR) is 189 cm³/mol. The van der Waals surface area contributed by atoms with E-state index in [4.69, 9.17) is 45.3 Å². The highest BCUT2D eigenvalue weighted by atomic mass is 35.5. The second-order valence-corrected chi connectivity index (χ2v) is 13.8. The Bertz CT molecular complexity index is 1790. The molecule has 1 aliphatic heterocycles. The predicted octanol–water partition coefficient (Wildman–Crippen LogP) is 7.34. The molecule has 0 bridgehead atoms. The number of nitrogens with zero attached hydrogens (tertiary/aromatic N) is 1. The van der Waals surface area contributed by atoms with Crippen LogP contribution in [0.15, 0.2) is 66.7 Å². The van der Waals surface area contributed by atoms with Gasteiger partial charge in [-0.15, -0.1) is 11.3 Å². The fourth-order valence-electron chi connectivity index (χ4n) is 5.57. The second-order valence-electron chi connectivity index (χ2n) is 11.5. The number of carbonyl (C=O) groups excluding carboxylic acids is 3. The molecule has 4 aromatic rings. The van der Waals surface area contributed by atoms with Crippen molar-refractivity contribution in [3.05, 3.63) is 98.1 Å². The molecule has 1 fully saturated rings. The zero-order valence-electron chi connectivity index (χ0n) is 26.1. The monoisotopic (exact) mass is 730 g/mol. The van der Waals surface area contributed by atoms with Crippen LogP contribution in [0, 0.1) is 5.82 Å². The molecular formula is C35H34Cl3FN4O4S. The number of benzene rings is 3. The minimum atomic E-state index is -1.04. The van der Waals surface area contributed by atoms with Gasteiger partial charge in [-0.25, -0.2) is 4.39 Å². The molecule has 3 aromatic carbocycles. The number of nitrogens with one attached hydrogen (secondary N) is 2. The average Bonchev–Trinajstić information content (AvgIpc) is 3.43. The van der Waals surface area contributed by atoms with Gasteiger partial charge in [0.1, 0.15) is 16.2 Å². The topological polar surface area (TPSA) is 114 Å². The standard InChI is InChI=1S/C35H34Cl3FN4O4S/c1-21(44)41-15-2-18-47-30-29(23-5-7-24(36)8-6-23)31(27-12-9-25(37)19-28(27)38)48-32(30)33(45)43-16-13-35(14-17-43,34(40)46)42-20-22-3-10-26(39)11-4-22/h3-12,19,42H,2,13-18,20H2,1H3,(H2,40,46)(H,41,44). The van der Waals surface area contributed by atoms with Crippen LogP contribution in [0.1, 0.15) is 41.4 Å². The molecule has 8 nitrogen and oxygen atoms in total. The highest BCUT2D eigenvalue weighted by Crippen LogP contribution is 2.50. The van der Waals surface area contributed by atoms with Gasteiger partial charge in [-0.2, -0.15) is 0 Å². The number of likely N-dealkylation sites (tertiary alicyclic amines) is 1. The average molecular weight is 732 g/mol. The number of thiophene rings is 1. The van der Waals surface area contributed by atoms with Crippen LogP contribution in [-0.4, -0.2) is 54.4 Å². The van der Waals surface area contributed by atoms with E-state index in [9.17, 15) is 18.8 Å². The molecule has 0 saturated carbocycles. The maximum absolute atomic E-state index is 14.4. The molecule has 0 atom stereocenters. The molecule has 1 aliphatic rings. The Balaban J connectivity index is 1.48. The summed E-state index contributed by atoms with van der Waals surface area (Å²) in [7, 11) is 0. The largest absolute Gasteiger partial charge is 0.491 e. The van der Waals surface area contributed by atoms with Gasteiger partial charge in [0.15, 0.2) is 5.75 Å². The van der Waals surface area contributed by atoms with Gasteiger partial charge in [0.25, 0.3) is 5.91 Å². The maximum Gasteiger partial charge on any atom is 0.267 e. The van der Waals surface area contributed by atoms with Crippen molar-refractivity contribution in [3.8, 4) is 27.3 Å². The Kier molecular flexibility index (Phi) is 11.7. The van der Waals surface area contributed by atoms with Crippen LogP contribution in [0.2, 0.25) is 15.1 Å². The highest BCUT2D eigenvalue weighted by Gasteiger charge is 2.41. The number of rotatable bonds is 12. The number of amides is 3. The van der Waals surface area contributed by atoms with E-state index in [1.54, 1.807) is 47.4 Å². The Hall–Kier alpha value is -3.67. The lowest BCUT2D eigenvalue weighted by Gasteiger charge is -2.40. The van der Waals surface area contributed by atoms with Crippen molar-refractivity contribution in [2.24, 2.45) is 5.73 Å². The van der Waals surface area contributed by atoms with E-state index in [1.165, 1.54) is 30.4 Å². The van der Waals surface area contributed by atoms with Crippen LogP contribution in [0.4, 0.5) is 4.39 Å². The third kappa shape index (κ3) is 8.30. The summed E-state index contributed by atoms with van der Waals surface area (Å²) in [4.78, 5) is 41.3. The normalized spacial score (nSPS) is 14.1. The van der Waals surface area contributed by atoms with E-state index in [-0.39, 0.29) is 50.2 Å². The van der Waals surface area contributed by atoms with E-state index in [0.717, 1.165) is 11.1 Å². The Morgan fingerprint density at radius 3 is 2.27 bits per heavy atom. The van der Waals surface area contributed by atoms with Gasteiger partial charge in [0.05, 0.1) is 11.6 Å². The Morgan fingerprint density at radius 2 is 1.65 bits per heavy atom. The smallest absolute Gasteiger partial charge is 0.267 e. The lowest BCUT2D eigenvalue weighted by Crippen LogP contribution is -2.61. The van der Waals surface area contributed by atoms with E-state index in [0.29, 0.717) is 61.2 Å². The molecular weight excluding hydrogens is 698 g/mol. The molecule has 0 aliphatic carbocycles. The SMILES string of the molecule is CC(=O)NCCCOc1c(C(=O)N2CCC(NCc3ccc(F)cc3)(C(N)=O)CC2)sc(-c2ccc(Cl)cc2Cl)c1-c1ccc(Cl)cc1. The molecule has 0 radical (unpaired) electrons. The number of ether oxygens (including phenoxy) is 1. The van der Waals surface area contributed by atoms with Gasteiger partial charge >= 0.3 is 0 Å². The molecule has 48 heavy (non-hydrogen) atoms. The van der Waals surface area contributed by atoms with Gasteiger partial charge < -0.3 is 20.7 Å². The Morgan fingerprint density at radius 1 is 0.979 bits per heavy atom.